The molecule has 0 saturated carbocycles. The predicted octanol–water partition coefficient (Wildman–Crippen LogP) is 3.36. The Balaban J connectivity index is 1.46. The third-order valence-corrected chi connectivity index (χ3v) is 4.81. The Morgan fingerprint density at radius 3 is 2.14 bits per heavy atom. The normalized spacial score (nSPS) is 14.0. The summed E-state index contributed by atoms with van der Waals surface area (Å²) < 4.78 is 0. The number of rotatable bonds is 4. The molecule has 1 N–H and O–H groups in total. The zero-order chi connectivity index (χ0) is 19.3. The van der Waals surface area contributed by atoms with Gasteiger partial charge in [-0.25, -0.2) is 9.97 Å². The molecule has 0 spiro atoms. The summed E-state index contributed by atoms with van der Waals surface area (Å²) in [5.41, 5.74) is 2.38. The van der Waals surface area contributed by atoms with Crippen LogP contribution in [0, 0.1) is 6.92 Å². The van der Waals surface area contributed by atoms with Crippen LogP contribution in [0.1, 0.15) is 16.3 Å². The fraction of sp³-hybridized carbons (Fsp3) is 0.227. The maximum absolute atomic E-state index is 12.6. The van der Waals surface area contributed by atoms with Crippen molar-refractivity contribution < 1.29 is 4.79 Å². The quantitative estimate of drug-likeness (QED) is 0.760. The molecule has 1 saturated heterocycles. The minimum absolute atomic E-state index is 0.221. The van der Waals surface area contributed by atoms with E-state index in [0.29, 0.717) is 11.5 Å². The Kier molecular flexibility index (Phi) is 5.19. The van der Waals surface area contributed by atoms with Gasteiger partial charge in [0.15, 0.2) is 0 Å². The summed E-state index contributed by atoms with van der Waals surface area (Å²) in [7, 11) is 0. The zero-order valence-corrected chi connectivity index (χ0v) is 15.9. The van der Waals surface area contributed by atoms with Gasteiger partial charge in [-0.15, -0.1) is 0 Å². The first kappa shape index (κ1) is 18.0. The number of nitrogens with zero attached hydrogens (tertiary/aromatic N) is 4. The number of aryl methyl sites for hydroxylation is 1. The molecule has 1 aliphatic heterocycles. The lowest BCUT2D eigenvalue weighted by Gasteiger charge is -2.36. The lowest BCUT2D eigenvalue weighted by atomic mass is 10.2. The summed E-state index contributed by atoms with van der Waals surface area (Å²) in [6, 6.07) is 21.6. The van der Waals surface area contributed by atoms with Gasteiger partial charge in [-0.2, -0.15) is 0 Å². The molecule has 142 valence electrons. The summed E-state index contributed by atoms with van der Waals surface area (Å²) in [5, 5.41) is 2.89. The molecule has 4 rings (SSSR count). The summed E-state index contributed by atoms with van der Waals surface area (Å²) >= 11 is 0. The second-order valence-corrected chi connectivity index (χ2v) is 6.79. The maximum atomic E-state index is 12.6. The van der Waals surface area contributed by atoms with Crippen LogP contribution >= 0.6 is 0 Å². The van der Waals surface area contributed by atoms with E-state index in [-0.39, 0.29) is 5.91 Å². The first-order valence-electron chi connectivity index (χ1n) is 9.46. The number of hydrogen-bond acceptors (Lipinski definition) is 5. The summed E-state index contributed by atoms with van der Waals surface area (Å²) in [6.07, 6.45) is 0. The minimum Gasteiger partial charge on any atom is -0.368 e. The van der Waals surface area contributed by atoms with E-state index in [4.69, 9.17) is 0 Å². The number of nitrogens with one attached hydrogen (secondary N) is 1. The molecule has 0 aliphatic carbocycles. The van der Waals surface area contributed by atoms with Gasteiger partial charge in [-0.3, -0.25) is 4.79 Å². The monoisotopic (exact) mass is 373 g/mol. The van der Waals surface area contributed by atoms with Crippen molar-refractivity contribution in [2.24, 2.45) is 0 Å². The first-order chi connectivity index (χ1) is 13.7. The molecule has 1 amide bonds. The van der Waals surface area contributed by atoms with Crippen LogP contribution in [0.15, 0.2) is 66.7 Å². The van der Waals surface area contributed by atoms with Crippen molar-refractivity contribution in [2.75, 3.05) is 41.3 Å². The molecule has 6 heteroatoms. The molecule has 3 aromatic rings. The number of carbonyl (C=O) groups is 1. The molecule has 1 fully saturated rings. The smallest absolute Gasteiger partial charge is 0.274 e. The van der Waals surface area contributed by atoms with E-state index in [1.807, 2.05) is 43.3 Å². The molecule has 0 atom stereocenters. The van der Waals surface area contributed by atoms with E-state index in [0.717, 1.165) is 37.7 Å². The Labute approximate surface area is 164 Å². The topological polar surface area (TPSA) is 61.4 Å². The van der Waals surface area contributed by atoms with Gasteiger partial charge in [-0.05, 0) is 31.2 Å². The average Bonchev–Trinajstić information content (AvgIpc) is 2.75. The molecular weight excluding hydrogens is 350 g/mol. The minimum atomic E-state index is -0.221. The number of aromatic nitrogens is 2. The first-order valence-corrected chi connectivity index (χ1v) is 9.46. The highest BCUT2D eigenvalue weighted by Crippen LogP contribution is 2.20. The van der Waals surface area contributed by atoms with E-state index >= 15 is 0 Å². The number of carbonyl (C=O) groups excluding carboxylic acids is 1. The molecule has 6 nitrogen and oxygen atoms in total. The van der Waals surface area contributed by atoms with Gasteiger partial charge >= 0.3 is 0 Å². The van der Waals surface area contributed by atoms with Crippen LogP contribution in [0.5, 0.6) is 0 Å². The van der Waals surface area contributed by atoms with Crippen molar-refractivity contribution in [3.8, 4) is 0 Å². The van der Waals surface area contributed by atoms with Gasteiger partial charge < -0.3 is 15.1 Å². The largest absolute Gasteiger partial charge is 0.368 e. The molecule has 1 aromatic heterocycles. The Morgan fingerprint density at radius 2 is 1.46 bits per heavy atom. The van der Waals surface area contributed by atoms with Crippen LogP contribution in [0.4, 0.5) is 17.2 Å². The van der Waals surface area contributed by atoms with Gasteiger partial charge in [0.05, 0.1) is 0 Å². The standard InChI is InChI=1S/C22H23N5O/c1-17-23-20(22(28)25-18-8-4-2-5-9-18)16-21(24-17)27-14-12-26(13-15-27)19-10-6-3-7-11-19/h2-11,16H,12-15H2,1H3,(H,25,28). The lowest BCUT2D eigenvalue weighted by Crippen LogP contribution is -2.47. The fourth-order valence-corrected chi connectivity index (χ4v) is 3.38. The number of piperazine rings is 1. The van der Waals surface area contributed by atoms with Crippen molar-refractivity contribution in [1.82, 2.24) is 9.97 Å². The van der Waals surface area contributed by atoms with Gasteiger partial charge in [0.1, 0.15) is 17.3 Å². The van der Waals surface area contributed by atoms with E-state index in [2.05, 4.69) is 49.4 Å². The van der Waals surface area contributed by atoms with E-state index in [9.17, 15) is 4.79 Å². The van der Waals surface area contributed by atoms with Crippen LogP contribution in [-0.4, -0.2) is 42.1 Å². The highest BCUT2D eigenvalue weighted by atomic mass is 16.1. The highest BCUT2D eigenvalue weighted by molar-refractivity contribution is 6.03. The van der Waals surface area contributed by atoms with Crippen LogP contribution in [-0.2, 0) is 0 Å². The van der Waals surface area contributed by atoms with Crippen molar-refractivity contribution in [2.45, 2.75) is 6.92 Å². The average molecular weight is 373 g/mol. The molecule has 1 aliphatic rings. The number of amides is 1. The maximum Gasteiger partial charge on any atom is 0.274 e. The van der Waals surface area contributed by atoms with Crippen molar-refractivity contribution in [3.05, 3.63) is 78.2 Å². The van der Waals surface area contributed by atoms with Crippen molar-refractivity contribution in [3.63, 3.8) is 0 Å². The number of benzene rings is 2. The van der Waals surface area contributed by atoms with Gasteiger partial charge in [0.2, 0.25) is 0 Å². The third-order valence-electron chi connectivity index (χ3n) is 4.81. The van der Waals surface area contributed by atoms with Gasteiger partial charge in [0.25, 0.3) is 5.91 Å². The Morgan fingerprint density at radius 1 is 0.857 bits per heavy atom. The number of para-hydroxylation sites is 2. The summed E-state index contributed by atoms with van der Waals surface area (Å²) in [6.45, 7) is 5.36. The summed E-state index contributed by atoms with van der Waals surface area (Å²) in [4.78, 5) is 26.1. The molecule has 0 bridgehead atoms. The van der Waals surface area contributed by atoms with Gasteiger partial charge in [0, 0.05) is 43.6 Å². The Bertz CT molecular complexity index is 938. The van der Waals surface area contributed by atoms with Crippen LogP contribution in [0.2, 0.25) is 0 Å². The van der Waals surface area contributed by atoms with Crippen LogP contribution in [0.3, 0.4) is 0 Å². The van der Waals surface area contributed by atoms with Crippen molar-refractivity contribution in [1.29, 1.82) is 0 Å². The SMILES string of the molecule is Cc1nc(C(=O)Nc2ccccc2)cc(N2CCN(c3ccccc3)CC2)n1. The van der Waals surface area contributed by atoms with Crippen LogP contribution < -0.4 is 15.1 Å². The second-order valence-electron chi connectivity index (χ2n) is 6.79. The molecule has 0 radical (unpaired) electrons. The molecular formula is C22H23N5O. The highest BCUT2D eigenvalue weighted by Gasteiger charge is 2.20. The second kappa shape index (κ2) is 8.08. The van der Waals surface area contributed by atoms with E-state index in [1.54, 1.807) is 6.07 Å². The van der Waals surface area contributed by atoms with Crippen LogP contribution in [0.25, 0.3) is 0 Å². The zero-order valence-electron chi connectivity index (χ0n) is 15.9. The van der Waals surface area contributed by atoms with E-state index < -0.39 is 0 Å². The van der Waals surface area contributed by atoms with E-state index in [1.165, 1.54) is 5.69 Å². The van der Waals surface area contributed by atoms with Crippen molar-refractivity contribution >= 4 is 23.1 Å². The fourth-order valence-electron chi connectivity index (χ4n) is 3.38. The van der Waals surface area contributed by atoms with Gasteiger partial charge in [-0.1, -0.05) is 36.4 Å². The number of hydrogen-bond donors (Lipinski definition) is 1. The molecule has 0 unspecified atom stereocenters. The number of anilines is 3. The predicted molar refractivity (Wildman–Crippen MR) is 112 cm³/mol. The Hall–Kier alpha value is -3.41. The summed E-state index contributed by atoms with van der Waals surface area (Å²) in [5.74, 6) is 1.18. The third kappa shape index (κ3) is 4.11. The molecule has 2 aromatic carbocycles. The molecule has 28 heavy (non-hydrogen) atoms. The molecule has 2 heterocycles. The lowest BCUT2D eigenvalue weighted by molar-refractivity contribution is 0.102.